The highest BCUT2D eigenvalue weighted by Gasteiger charge is 2.43. The molecule has 0 aromatic carbocycles. The van der Waals surface area contributed by atoms with Crippen molar-refractivity contribution >= 4 is 5.91 Å². The molecule has 5 atom stereocenters. The van der Waals surface area contributed by atoms with Gasteiger partial charge in [-0.15, -0.1) is 0 Å². The van der Waals surface area contributed by atoms with Gasteiger partial charge in [-0.05, 0) is 50.5 Å². The molecule has 2 N–H and O–H groups in total. The number of methoxy groups -OCH3 is 1. The van der Waals surface area contributed by atoms with Gasteiger partial charge in [-0.3, -0.25) is 4.79 Å². The summed E-state index contributed by atoms with van der Waals surface area (Å²) in [5, 5.41) is 6.63. The van der Waals surface area contributed by atoms with Crippen molar-refractivity contribution in [3.05, 3.63) is 0 Å². The summed E-state index contributed by atoms with van der Waals surface area (Å²) in [6, 6.07) is 0.392. The Kier molecular flexibility index (Phi) is 3.57. The van der Waals surface area contributed by atoms with E-state index >= 15 is 0 Å². The van der Waals surface area contributed by atoms with Crippen LogP contribution in [0.5, 0.6) is 0 Å². The third-order valence-corrected chi connectivity index (χ3v) is 5.09. The molecule has 4 nitrogen and oxygen atoms in total. The van der Waals surface area contributed by atoms with Crippen LogP contribution in [0.25, 0.3) is 0 Å². The first-order valence-electron chi connectivity index (χ1n) is 7.34. The van der Waals surface area contributed by atoms with Gasteiger partial charge < -0.3 is 15.4 Å². The SMILES string of the molecule is COC1CCC(NC(=O)C2NCC3CCCC32)C1. The molecule has 2 saturated carbocycles. The highest BCUT2D eigenvalue weighted by atomic mass is 16.5. The van der Waals surface area contributed by atoms with Gasteiger partial charge in [0, 0.05) is 13.2 Å². The second-order valence-electron chi connectivity index (χ2n) is 6.12. The minimum atomic E-state index is 0.0686. The van der Waals surface area contributed by atoms with E-state index in [1.807, 2.05) is 0 Å². The van der Waals surface area contributed by atoms with E-state index in [-0.39, 0.29) is 11.9 Å². The van der Waals surface area contributed by atoms with Crippen molar-refractivity contribution in [1.82, 2.24) is 10.6 Å². The first kappa shape index (κ1) is 12.4. The summed E-state index contributed by atoms with van der Waals surface area (Å²) >= 11 is 0. The molecular formula is C14H24N2O2. The number of rotatable bonds is 3. The van der Waals surface area contributed by atoms with Crippen LogP contribution >= 0.6 is 0 Å². The molecule has 0 aromatic rings. The minimum Gasteiger partial charge on any atom is -0.381 e. The Balaban J connectivity index is 1.52. The number of hydrogen-bond acceptors (Lipinski definition) is 3. The van der Waals surface area contributed by atoms with Crippen molar-refractivity contribution in [3.8, 4) is 0 Å². The minimum absolute atomic E-state index is 0.0686. The molecule has 5 unspecified atom stereocenters. The molecule has 4 heteroatoms. The van der Waals surface area contributed by atoms with E-state index in [9.17, 15) is 4.79 Å². The zero-order valence-corrected chi connectivity index (χ0v) is 11.2. The van der Waals surface area contributed by atoms with Gasteiger partial charge in [0.1, 0.15) is 0 Å². The predicted octanol–water partition coefficient (Wildman–Crippen LogP) is 1.06. The summed E-state index contributed by atoms with van der Waals surface area (Å²) in [6.45, 7) is 1.04. The Morgan fingerprint density at radius 3 is 2.94 bits per heavy atom. The lowest BCUT2D eigenvalue weighted by Gasteiger charge is -2.20. The molecule has 0 radical (unpaired) electrons. The Morgan fingerprint density at radius 1 is 1.28 bits per heavy atom. The van der Waals surface area contributed by atoms with E-state index in [2.05, 4.69) is 10.6 Å². The molecule has 2 aliphatic carbocycles. The Hall–Kier alpha value is -0.610. The second kappa shape index (κ2) is 5.17. The molecule has 102 valence electrons. The van der Waals surface area contributed by atoms with Gasteiger partial charge in [-0.2, -0.15) is 0 Å². The van der Waals surface area contributed by atoms with Crippen LogP contribution in [0, 0.1) is 11.8 Å². The first-order valence-corrected chi connectivity index (χ1v) is 7.34. The number of carbonyl (C=O) groups excluding carboxylic acids is 1. The van der Waals surface area contributed by atoms with Crippen molar-refractivity contribution < 1.29 is 9.53 Å². The molecule has 1 saturated heterocycles. The average molecular weight is 252 g/mol. The molecule has 3 fully saturated rings. The van der Waals surface area contributed by atoms with Crippen LogP contribution in [0.15, 0.2) is 0 Å². The van der Waals surface area contributed by atoms with Gasteiger partial charge in [0.15, 0.2) is 0 Å². The number of hydrogen-bond donors (Lipinski definition) is 2. The van der Waals surface area contributed by atoms with Crippen molar-refractivity contribution in [2.75, 3.05) is 13.7 Å². The first-order chi connectivity index (χ1) is 8.78. The third kappa shape index (κ3) is 2.28. The molecule has 1 amide bonds. The quantitative estimate of drug-likeness (QED) is 0.789. The predicted molar refractivity (Wildman–Crippen MR) is 69.2 cm³/mol. The summed E-state index contributed by atoms with van der Waals surface area (Å²) in [4.78, 5) is 12.3. The van der Waals surface area contributed by atoms with Gasteiger partial charge >= 0.3 is 0 Å². The van der Waals surface area contributed by atoms with E-state index < -0.39 is 0 Å². The zero-order chi connectivity index (χ0) is 12.5. The number of carbonyl (C=O) groups is 1. The van der Waals surface area contributed by atoms with E-state index in [0.717, 1.165) is 31.7 Å². The molecule has 3 rings (SSSR count). The van der Waals surface area contributed by atoms with Gasteiger partial charge in [-0.25, -0.2) is 0 Å². The number of nitrogens with one attached hydrogen (secondary N) is 2. The fraction of sp³-hybridized carbons (Fsp3) is 0.929. The highest BCUT2D eigenvalue weighted by Crippen LogP contribution is 2.37. The van der Waals surface area contributed by atoms with Crippen LogP contribution < -0.4 is 10.6 Å². The van der Waals surface area contributed by atoms with Crippen LogP contribution in [0.3, 0.4) is 0 Å². The van der Waals surface area contributed by atoms with Gasteiger partial charge in [0.2, 0.25) is 5.91 Å². The Labute approximate surface area is 109 Å². The summed E-state index contributed by atoms with van der Waals surface area (Å²) in [5.41, 5.74) is 0. The molecule has 0 bridgehead atoms. The standard InChI is InChI=1S/C14H24N2O2/c1-18-11-6-5-10(7-11)16-14(17)13-12-4-2-3-9(12)8-15-13/h9-13,15H,2-8H2,1H3,(H,16,17). The smallest absolute Gasteiger partial charge is 0.237 e. The average Bonchev–Trinajstić information content (AvgIpc) is 3.03. The second-order valence-corrected chi connectivity index (χ2v) is 6.12. The largest absolute Gasteiger partial charge is 0.381 e. The zero-order valence-electron chi connectivity index (χ0n) is 11.2. The number of fused-ring (bicyclic) bond motifs is 1. The maximum Gasteiger partial charge on any atom is 0.237 e. The maximum atomic E-state index is 12.3. The lowest BCUT2D eigenvalue weighted by Crippen LogP contribution is -2.47. The maximum absolute atomic E-state index is 12.3. The van der Waals surface area contributed by atoms with Gasteiger partial charge in [-0.1, -0.05) is 6.42 Å². The van der Waals surface area contributed by atoms with Crippen LogP contribution in [0.2, 0.25) is 0 Å². The van der Waals surface area contributed by atoms with Crippen molar-refractivity contribution in [2.45, 2.75) is 56.7 Å². The van der Waals surface area contributed by atoms with E-state index in [4.69, 9.17) is 4.74 Å². The topological polar surface area (TPSA) is 50.4 Å². The normalized spacial score (nSPS) is 43.1. The molecule has 18 heavy (non-hydrogen) atoms. The van der Waals surface area contributed by atoms with Crippen LogP contribution in [0.1, 0.15) is 38.5 Å². The molecule has 1 aliphatic heterocycles. The van der Waals surface area contributed by atoms with E-state index in [1.54, 1.807) is 7.11 Å². The summed E-state index contributed by atoms with van der Waals surface area (Å²) in [7, 11) is 1.76. The summed E-state index contributed by atoms with van der Waals surface area (Å²) in [6.07, 6.45) is 7.28. The van der Waals surface area contributed by atoms with Crippen LogP contribution in [-0.4, -0.2) is 37.7 Å². The van der Waals surface area contributed by atoms with Crippen molar-refractivity contribution in [1.29, 1.82) is 0 Å². The fourth-order valence-electron chi connectivity index (χ4n) is 4.05. The fourth-order valence-corrected chi connectivity index (χ4v) is 4.05. The third-order valence-electron chi connectivity index (χ3n) is 5.09. The van der Waals surface area contributed by atoms with Crippen molar-refractivity contribution in [2.24, 2.45) is 11.8 Å². The van der Waals surface area contributed by atoms with Gasteiger partial charge in [0.25, 0.3) is 0 Å². The molecule has 3 aliphatic rings. The lowest BCUT2D eigenvalue weighted by molar-refractivity contribution is -0.124. The van der Waals surface area contributed by atoms with Gasteiger partial charge in [0.05, 0.1) is 12.1 Å². The van der Waals surface area contributed by atoms with E-state index in [0.29, 0.717) is 18.1 Å². The number of amides is 1. The van der Waals surface area contributed by atoms with Crippen LogP contribution in [-0.2, 0) is 9.53 Å². The molecular weight excluding hydrogens is 228 g/mol. The van der Waals surface area contributed by atoms with E-state index in [1.165, 1.54) is 19.3 Å². The highest BCUT2D eigenvalue weighted by molar-refractivity contribution is 5.83. The monoisotopic (exact) mass is 252 g/mol. The van der Waals surface area contributed by atoms with Crippen molar-refractivity contribution in [3.63, 3.8) is 0 Å². The lowest BCUT2D eigenvalue weighted by atomic mass is 9.93. The summed E-state index contributed by atoms with van der Waals surface area (Å²) in [5.74, 6) is 1.56. The molecule has 0 spiro atoms. The van der Waals surface area contributed by atoms with Crippen LogP contribution in [0.4, 0.5) is 0 Å². The molecule has 1 heterocycles. The number of ether oxygens (including phenoxy) is 1. The summed E-state index contributed by atoms with van der Waals surface area (Å²) < 4.78 is 5.35. The molecule has 0 aromatic heterocycles. The Morgan fingerprint density at radius 2 is 2.17 bits per heavy atom. The Bertz CT molecular complexity index is 321.